The van der Waals surface area contributed by atoms with E-state index in [9.17, 15) is 4.79 Å². The van der Waals surface area contributed by atoms with Crippen LogP contribution in [-0.2, 0) is 0 Å². The molecule has 1 aromatic heterocycles. The van der Waals surface area contributed by atoms with Crippen LogP contribution in [0.15, 0.2) is 17.5 Å². The molecule has 2 N–H and O–H groups in total. The average molecular weight is 207 g/mol. The lowest BCUT2D eigenvalue weighted by atomic mass is 10.1. The molecule has 2 rings (SSSR count). The van der Waals surface area contributed by atoms with Gasteiger partial charge in [-0.2, -0.15) is 0 Å². The Kier molecular flexibility index (Phi) is 2.13. The highest BCUT2D eigenvalue weighted by atomic mass is 32.1. The summed E-state index contributed by atoms with van der Waals surface area (Å²) in [6, 6.07) is 3.59. The summed E-state index contributed by atoms with van der Waals surface area (Å²) in [5.74, 6) is 0.653. The maximum Gasteiger partial charge on any atom is 0.159 e. The van der Waals surface area contributed by atoms with Gasteiger partial charge in [0.25, 0.3) is 0 Å². The van der Waals surface area contributed by atoms with Crippen molar-refractivity contribution in [2.75, 3.05) is 12.8 Å². The molecule has 0 aliphatic carbocycles. The zero-order valence-electron chi connectivity index (χ0n) is 7.61. The third-order valence-electron chi connectivity index (χ3n) is 2.09. The van der Waals surface area contributed by atoms with E-state index in [1.165, 1.54) is 11.3 Å². The lowest BCUT2D eigenvalue weighted by Crippen LogP contribution is -1.91. The number of methoxy groups -OCH3 is 1. The zero-order chi connectivity index (χ0) is 10.1. The van der Waals surface area contributed by atoms with Gasteiger partial charge in [-0.05, 0) is 6.07 Å². The molecule has 0 saturated carbocycles. The van der Waals surface area contributed by atoms with E-state index in [0.717, 1.165) is 16.4 Å². The molecule has 0 unspecified atom stereocenters. The second kappa shape index (κ2) is 3.31. The molecule has 0 fully saturated rings. The Labute approximate surface area is 85.1 Å². The Bertz CT molecular complexity index is 490. The smallest absolute Gasteiger partial charge is 0.159 e. The van der Waals surface area contributed by atoms with Crippen molar-refractivity contribution < 1.29 is 9.53 Å². The molecule has 0 atom stereocenters. The minimum atomic E-state index is 0.597. The number of aldehydes is 1. The van der Waals surface area contributed by atoms with E-state index in [-0.39, 0.29) is 0 Å². The van der Waals surface area contributed by atoms with Crippen molar-refractivity contribution in [1.29, 1.82) is 0 Å². The summed E-state index contributed by atoms with van der Waals surface area (Å²) in [7, 11) is 1.57. The van der Waals surface area contributed by atoms with Gasteiger partial charge in [-0.3, -0.25) is 4.79 Å². The third kappa shape index (κ3) is 1.15. The van der Waals surface area contributed by atoms with Crippen LogP contribution in [0, 0.1) is 0 Å². The molecule has 0 spiro atoms. The van der Waals surface area contributed by atoms with Crippen molar-refractivity contribution in [3.8, 4) is 5.75 Å². The number of nitrogen functional groups attached to an aromatic ring is 1. The van der Waals surface area contributed by atoms with Crippen LogP contribution in [0.3, 0.4) is 0 Å². The predicted molar refractivity (Wildman–Crippen MR) is 58.2 cm³/mol. The molecular weight excluding hydrogens is 198 g/mol. The van der Waals surface area contributed by atoms with Crippen molar-refractivity contribution in [1.82, 2.24) is 0 Å². The molecule has 0 aliphatic rings. The fourth-order valence-electron chi connectivity index (χ4n) is 1.41. The van der Waals surface area contributed by atoms with Crippen molar-refractivity contribution in [3.63, 3.8) is 0 Å². The number of anilines is 1. The lowest BCUT2D eigenvalue weighted by Gasteiger charge is -2.04. The number of fused-ring (bicyclic) bond motifs is 1. The number of carbonyl (C=O) groups is 1. The first-order valence-corrected chi connectivity index (χ1v) is 4.94. The van der Waals surface area contributed by atoms with Gasteiger partial charge in [-0.15, -0.1) is 11.3 Å². The van der Waals surface area contributed by atoms with E-state index in [4.69, 9.17) is 10.5 Å². The number of carbonyl (C=O) groups excluding carboxylic acids is 1. The Hall–Kier alpha value is -1.55. The van der Waals surface area contributed by atoms with Gasteiger partial charge in [0.1, 0.15) is 0 Å². The van der Waals surface area contributed by atoms with Crippen molar-refractivity contribution in [3.05, 3.63) is 23.1 Å². The van der Waals surface area contributed by atoms with Gasteiger partial charge in [0.2, 0.25) is 0 Å². The topological polar surface area (TPSA) is 52.3 Å². The fourth-order valence-corrected chi connectivity index (χ4v) is 2.46. The van der Waals surface area contributed by atoms with Gasteiger partial charge in [0, 0.05) is 16.3 Å². The van der Waals surface area contributed by atoms with Gasteiger partial charge in [0.05, 0.1) is 17.5 Å². The molecule has 0 amide bonds. The molecule has 0 bridgehead atoms. The number of thiophene rings is 1. The van der Waals surface area contributed by atoms with Crippen LogP contribution in [-0.4, -0.2) is 13.4 Å². The first-order valence-electron chi connectivity index (χ1n) is 4.06. The van der Waals surface area contributed by atoms with E-state index >= 15 is 0 Å². The molecule has 0 aliphatic heterocycles. The quantitative estimate of drug-likeness (QED) is 0.607. The summed E-state index contributed by atoms with van der Waals surface area (Å²) in [6.07, 6.45) is 0.842. The standard InChI is InChI=1S/C10H9NO2S/c1-13-9-8(11)3-2-7-6(4-12)5-14-10(7)9/h2-5H,11H2,1H3. The number of hydrogen-bond acceptors (Lipinski definition) is 4. The van der Waals surface area contributed by atoms with E-state index in [1.807, 2.05) is 6.07 Å². The number of hydrogen-bond donors (Lipinski definition) is 1. The maximum absolute atomic E-state index is 10.7. The van der Waals surface area contributed by atoms with Gasteiger partial charge < -0.3 is 10.5 Å². The van der Waals surface area contributed by atoms with Crippen LogP contribution in [0.1, 0.15) is 10.4 Å². The Morgan fingerprint density at radius 3 is 2.93 bits per heavy atom. The molecule has 3 nitrogen and oxygen atoms in total. The van der Waals surface area contributed by atoms with Gasteiger partial charge in [0.15, 0.2) is 12.0 Å². The van der Waals surface area contributed by atoms with Gasteiger partial charge >= 0.3 is 0 Å². The first-order chi connectivity index (χ1) is 6.77. The Morgan fingerprint density at radius 1 is 1.50 bits per heavy atom. The number of rotatable bonds is 2. The van der Waals surface area contributed by atoms with Crippen molar-refractivity contribution in [2.24, 2.45) is 0 Å². The highest BCUT2D eigenvalue weighted by molar-refractivity contribution is 7.18. The minimum Gasteiger partial charge on any atom is -0.493 e. The molecule has 2 aromatic rings. The summed E-state index contributed by atoms with van der Waals surface area (Å²) < 4.78 is 6.11. The SMILES string of the molecule is COc1c(N)ccc2c(C=O)csc12. The number of benzene rings is 1. The normalized spacial score (nSPS) is 10.4. The second-order valence-electron chi connectivity index (χ2n) is 2.87. The van der Waals surface area contributed by atoms with Crippen LogP contribution < -0.4 is 10.5 Å². The largest absolute Gasteiger partial charge is 0.493 e. The summed E-state index contributed by atoms with van der Waals surface area (Å²) in [5, 5.41) is 2.70. The first kappa shape index (κ1) is 9.02. The van der Waals surface area contributed by atoms with Crippen molar-refractivity contribution >= 4 is 33.4 Å². The second-order valence-corrected chi connectivity index (χ2v) is 3.75. The number of ether oxygens (including phenoxy) is 1. The minimum absolute atomic E-state index is 0.597. The van der Waals surface area contributed by atoms with Crippen molar-refractivity contribution in [2.45, 2.75) is 0 Å². The Balaban J connectivity index is 2.83. The van der Waals surface area contributed by atoms with Crippen LogP contribution in [0.4, 0.5) is 5.69 Å². The molecule has 14 heavy (non-hydrogen) atoms. The summed E-state index contributed by atoms with van der Waals surface area (Å²) in [6.45, 7) is 0. The lowest BCUT2D eigenvalue weighted by molar-refractivity contribution is 0.112. The third-order valence-corrected chi connectivity index (χ3v) is 3.10. The average Bonchev–Trinajstić information content (AvgIpc) is 2.60. The highest BCUT2D eigenvalue weighted by Crippen LogP contribution is 2.37. The molecular formula is C10H9NO2S. The maximum atomic E-state index is 10.7. The Morgan fingerprint density at radius 2 is 2.29 bits per heavy atom. The summed E-state index contributed by atoms with van der Waals surface area (Å²) in [5.41, 5.74) is 7.02. The molecule has 4 heteroatoms. The van der Waals surface area contributed by atoms with E-state index in [2.05, 4.69) is 0 Å². The molecule has 0 saturated heterocycles. The summed E-state index contributed by atoms with van der Waals surface area (Å²) in [4.78, 5) is 10.7. The van der Waals surface area contributed by atoms with E-state index in [1.54, 1.807) is 18.6 Å². The fraction of sp³-hybridized carbons (Fsp3) is 0.100. The van der Waals surface area contributed by atoms with Crippen LogP contribution in [0.25, 0.3) is 10.1 Å². The molecule has 1 aromatic carbocycles. The van der Waals surface area contributed by atoms with Gasteiger partial charge in [-0.25, -0.2) is 0 Å². The number of nitrogens with two attached hydrogens (primary N) is 1. The zero-order valence-corrected chi connectivity index (χ0v) is 8.43. The van der Waals surface area contributed by atoms with E-state index in [0.29, 0.717) is 17.0 Å². The monoisotopic (exact) mass is 207 g/mol. The van der Waals surface area contributed by atoms with Crippen LogP contribution >= 0.6 is 11.3 Å². The molecule has 72 valence electrons. The van der Waals surface area contributed by atoms with Gasteiger partial charge in [-0.1, -0.05) is 6.07 Å². The summed E-state index contributed by atoms with van der Waals surface area (Å²) >= 11 is 1.47. The molecule has 1 heterocycles. The highest BCUT2D eigenvalue weighted by Gasteiger charge is 2.10. The molecule has 0 radical (unpaired) electrons. The van der Waals surface area contributed by atoms with Crippen LogP contribution in [0.2, 0.25) is 0 Å². The van der Waals surface area contributed by atoms with E-state index < -0.39 is 0 Å². The predicted octanol–water partition coefficient (Wildman–Crippen LogP) is 2.30. The van der Waals surface area contributed by atoms with Crippen LogP contribution in [0.5, 0.6) is 5.75 Å².